The van der Waals surface area contributed by atoms with Crippen LogP contribution in [0.1, 0.15) is 31.1 Å². The largest absolute Gasteiger partial charge is 0.325 e. The lowest BCUT2D eigenvalue weighted by atomic mass is 10.1. The summed E-state index contributed by atoms with van der Waals surface area (Å²) < 4.78 is 0. The third kappa shape index (κ3) is 3.94. The Labute approximate surface area is 183 Å². The van der Waals surface area contributed by atoms with Crippen LogP contribution in [0, 0.1) is 10.1 Å². The van der Waals surface area contributed by atoms with Gasteiger partial charge in [0.2, 0.25) is 5.91 Å². The lowest BCUT2D eigenvalue weighted by Gasteiger charge is -2.13. The first-order valence-electron chi connectivity index (χ1n) is 9.09. The van der Waals surface area contributed by atoms with Crippen molar-refractivity contribution in [3.05, 3.63) is 80.8 Å². The van der Waals surface area contributed by atoms with Gasteiger partial charge < -0.3 is 5.32 Å². The highest BCUT2D eigenvalue weighted by molar-refractivity contribution is 7.13. The molecule has 0 atom stereocenters. The number of hydrogen-bond acceptors (Lipinski definition) is 8. The van der Waals surface area contributed by atoms with E-state index in [-0.39, 0.29) is 17.0 Å². The van der Waals surface area contributed by atoms with Crippen LogP contribution in [0.4, 0.5) is 16.5 Å². The van der Waals surface area contributed by atoms with Crippen molar-refractivity contribution >= 4 is 51.5 Å². The van der Waals surface area contributed by atoms with Gasteiger partial charge in [-0.15, -0.1) is 11.3 Å². The van der Waals surface area contributed by atoms with Gasteiger partial charge in [-0.25, -0.2) is 4.98 Å². The highest BCUT2D eigenvalue weighted by atomic mass is 32.1. The Hall–Kier alpha value is -4.45. The monoisotopic (exact) mass is 451 g/mol. The number of carbonyl (C=O) groups excluding carboxylic acids is 4. The molecule has 2 N–H and O–H groups in total. The van der Waals surface area contributed by atoms with E-state index in [1.54, 1.807) is 11.6 Å². The van der Waals surface area contributed by atoms with Gasteiger partial charge in [-0.1, -0.05) is 6.07 Å². The van der Waals surface area contributed by atoms with Crippen LogP contribution in [0.3, 0.4) is 0 Å². The van der Waals surface area contributed by atoms with Crippen LogP contribution in [-0.4, -0.2) is 45.0 Å². The van der Waals surface area contributed by atoms with Crippen LogP contribution < -0.4 is 10.6 Å². The molecule has 0 spiro atoms. The standard InChI is InChI=1S/C20H13N5O6S/c26-15(10-24-18(28)13-2-1-3-14(25(30)31)16(13)19(24)29)22-12-6-4-11(5-7-12)17(27)23-20-21-8-9-32-20/h1-9H,10H2,(H,22,26)(H,21,23,27). The summed E-state index contributed by atoms with van der Waals surface area (Å²) in [5.74, 6) is -2.73. The molecule has 1 aromatic heterocycles. The van der Waals surface area contributed by atoms with E-state index >= 15 is 0 Å². The Morgan fingerprint density at radius 1 is 1.06 bits per heavy atom. The SMILES string of the molecule is O=C(CN1C(=O)c2cccc([N+](=O)[O-])c2C1=O)Nc1ccc(C(=O)Nc2nccs2)cc1. The van der Waals surface area contributed by atoms with Crippen LogP contribution in [0.2, 0.25) is 0 Å². The van der Waals surface area contributed by atoms with Gasteiger partial charge in [-0.2, -0.15) is 0 Å². The van der Waals surface area contributed by atoms with Gasteiger partial charge in [0, 0.05) is 28.9 Å². The van der Waals surface area contributed by atoms with Crippen molar-refractivity contribution in [2.24, 2.45) is 0 Å². The molecule has 2 aromatic carbocycles. The first kappa shape index (κ1) is 20.8. The maximum atomic E-state index is 12.5. The molecule has 12 heteroatoms. The summed E-state index contributed by atoms with van der Waals surface area (Å²) in [6, 6.07) is 9.69. The number of aromatic nitrogens is 1. The summed E-state index contributed by atoms with van der Waals surface area (Å²) in [4.78, 5) is 64.6. The molecule has 0 saturated carbocycles. The fourth-order valence-electron chi connectivity index (χ4n) is 3.11. The van der Waals surface area contributed by atoms with Gasteiger partial charge in [0.25, 0.3) is 23.4 Å². The average molecular weight is 451 g/mol. The van der Waals surface area contributed by atoms with E-state index in [1.165, 1.54) is 47.7 Å². The third-order valence-electron chi connectivity index (χ3n) is 4.56. The van der Waals surface area contributed by atoms with E-state index in [0.717, 1.165) is 6.07 Å². The molecule has 1 aliphatic heterocycles. The highest BCUT2D eigenvalue weighted by Crippen LogP contribution is 2.30. The molecular weight excluding hydrogens is 438 g/mol. The maximum absolute atomic E-state index is 12.5. The van der Waals surface area contributed by atoms with E-state index < -0.39 is 34.9 Å². The number of benzene rings is 2. The van der Waals surface area contributed by atoms with Crippen LogP contribution in [-0.2, 0) is 4.79 Å². The lowest BCUT2D eigenvalue weighted by Crippen LogP contribution is -2.37. The van der Waals surface area contributed by atoms with E-state index in [1.807, 2.05) is 0 Å². The number of thiazole rings is 1. The van der Waals surface area contributed by atoms with Crippen molar-refractivity contribution in [2.75, 3.05) is 17.2 Å². The summed E-state index contributed by atoms with van der Waals surface area (Å²) in [5, 5.41) is 18.5. The number of nitro groups is 1. The number of imide groups is 1. The first-order chi connectivity index (χ1) is 15.3. The maximum Gasteiger partial charge on any atom is 0.282 e. The molecule has 0 bridgehead atoms. The van der Waals surface area contributed by atoms with Gasteiger partial charge >= 0.3 is 0 Å². The zero-order valence-corrected chi connectivity index (χ0v) is 16.9. The summed E-state index contributed by atoms with van der Waals surface area (Å²) in [6.45, 7) is -0.615. The molecule has 4 rings (SSSR count). The van der Waals surface area contributed by atoms with Gasteiger partial charge in [0.1, 0.15) is 12.1 Å². The second-order valence-electron chi connectivity index (χ2n) is 6.57. The molecule has 3 aromatic rings. The Kier molecular flexibility index (Phi) is 5.43. The molecule has 160 valence electrons. The summed E-state index contributed by atoms with van der Waals surface area (Å²) in [6.07, 6.45) is 1.56. The van der Waals surface area contributed by atoms with Crippen LogP contribution >= 0.6 is 11.3 Å². The summed E-state index contributed by atoms with van der Waals surface area (Å²) in [5.41, 5.74) is -0.261. The number of nitrogens with one attached hydrogen (secondary N) is 2. The fraction of sp³-hybridized carbons (Fsp3) is 0.0500. The molecule has 0 radical (unpaired) electrons. The second-order valence-corrected chi connectivity index (χ2v) is 7.46. The Morgan fingerprint density at radius 2 is 1.81 bits per heavy atom. The van der Waals surface area contributed by atoms with E-state index in [0.29, 0.717) is 21.3 Å². The van der Waals surface area contributed by atoms with Gasteiger partial charge in [-0.3, -0.25) is 39.5 Å². The second kappa shape index (κ2) is 8.35. The van der Waals surface area contributed by atoms with Crippen molar-refractivity contribution in [1.29, 1.82) is 0 Å². The van der Waals surface area contributed by atoms with E-state index in [4.69, 9.17) is 0 Å². The van der Waals surface area contributed by atoms with Crippen molar-refractivity contribution in [3.8, 4) is 0 Å². The Bertz CT molecular complexity index is 1260. The molecule has 1 aliphatic rings. The topological polar surface area (TPSA) is 152 Å². The minimum atomic E-state index is -0.901. The number of rotatable bonds is 6. The molecule has 0 unspecified atom stereocenters. The third-order valence-corrected chi connectivity index (χ3v) is 5.25. The fourth-order valence-corrected chi connectivity index (χ4v) is 3.64. The lowest BCUT2D eigenvalue weighted by molar-refractivity contribution is -0.385. The number of amides is 4. The highest BCUT2D eigenvalue weighted by Gasteiger charge is 2.41. The number of carbonyl (C=O) groups is 4. The van der Waals surface area contributed by atoms with E-state index in [2.05, 4.69) is 15.6 Å². The number of hydrogen-bond donors (Lipinski definition) is 2. The summed E-state index contributed by atoms with van der Waals surface area (Å²) >= 11 is 1.27. The number of nitrogens with zero attached hydrogens (tertiary/aromatic N) is 3. The van der Waals surface area contributed by atoms with Crippen molar-refractivity contribution < 1.29 is 24.1 Å². The van der Waals surface area contributed by atoms with Crippen LogP contribution in [0.25, 0.3) is 0 Å². The van der Waals surface area contributed by atoms with Crippen LogP contribution in [0.5, 0.6) is 0 Å². The summed E-state index contributed by atoms with van der Waals surface area (Å²) in [7, 11) is 0. The zero-order valence-electron chi connectivity index (χ0n) is 16.1. The molecule has 0 saturated heterocycles. The zero-order chi connectivity index (χ0) is 22.8. The molecule has 2 heterocycles. The van der Waals surface area contributed by atoms with Gasteiger partial charge in [-0.05, 0) is 30.3 Å². The minimum Gasteiger partial charge on any atom is -0.325 e. The van der Waals surface area contributed by atoms with Crippen molar-refractivity contribution in [2.45, 2.75) is 0 Å². The van der Waals surface area contributed by atoms with Crippen LogP contribution in [0.15, 0.2) is 54.0 Å². The normalized spacial score (nSPS) is 12.4. The van der Waals surface area contributed by atoms with Gasteiger partial charge in [0.05, 0.1) is 10.5 Å². The molecule has 4 amide bonds. The molecule has 0 aliphatic carbocycles. The smallest absolute Gasteiger partial charge is 0.282 e. The van der Waals surface area contributed by atoms with Gasteiger partial charge in [0.15, 0.2) is 5.13 Å². The molecule has 0 fully saturated rings. The van der Waals surface area contributed by atoms with Crippen molar-refractivity contribution in [3.63, 3.8) is 0 Å². The molecular formula is C20H13N5O6S. The number of anilines is 2. The predicted molar refractivity (Wildman–Crippen MR) is 114 cm³/mol. The number of nitro benzene ring substituents is 1. The first-order valence-corrected chi connectivity index (χ1v) is 9.97. The Morgan fingerprint density at radius 3 is 2.47 bits per heavy atom. The average Bonchev–Trinajstić information content (AvgIpc) is 3.36. The van der Waals surface area contributed by atoms with Crippen molar-refractivity contribution in [1.82, 2.24) is 9.88 Å². The predicted octanol–water partition coefficient (Wildman–Crippen LogP) is 2.54. The quantitative estimate of drug-likeness (QED) is 0.332. The number of fused-ring (bicyclic) bond motifs is 1. The Balaban J connectivity index is 1.41. The minimum absolute atomic E-state index is 0.118. The van der Waals surface area contributed by atoms with E-state index in [9.17, 15) is 29.3 Å². The molecule has 11 nitrogen and oxygen atoms in total. The molecule has 32 heavy (non-hydrogen) atoms.